The first kappa shape index (κ1) is 24.9. The summed E-state index contributed by atoms with van der Waals surface area (Å²) in [4.78, 5) is 53.3. The van der Waals surface area contributed by atoms with E-state index < -0.39 is 18.5 Å². The molecule has 1 heterocycles. The first-order valence-electron chi connectivity index (χ1n) is 13.1. The Morgan fingerprint density at radius 3 is 2.46 bits per heavy atom. The highest BCUT2D eigenvalue weighted by Gasteiger charge is 2.64. The van der Waals surface area contributed by atoms with Crippen LogP contribution < -0.4 is 15.0 Å². The standard InChI is InChI=1S/C31H28N2O6/c1-38-23-12-6-10-21(16-23)32-26(34)17-39-31(37)19-9-5-11-22(13-19)33-29(35)27-20-14-24(18-7-3-2-4-8-18)25(15-20)28(27)30(33)36/h2-13,16,20,24-25,27-28H,14-15,17H2,1H3,(H,32,34)/t20-,24-,25+,27+,28+/m0/s1. The first-order valence-corrected chi connectivity index (χ1v) is 13.1. The van der Waals surface area contributed by atoms with Crippen LogP contribution in [0.1, 0.15) is 34.7 Å². The molecule has 8 nitrogen and oxygen atoms in total. The van der Waals surface area contributed by atoms with Crippen LogP contribution in [-0.2, 0) is 19.1 Å². The van der Waals surface area contributed by atoms with Gasteiger partial charge in [-0.15, -0.1) is 0 Å². The predicted octanol–water partition coefficient (Wildman–Crippen LogP) is 4.42. The summed E-state index contributed by atoms with van der Waals surface area (Å²) in [5, 5.41) is 2.65. The highest BCUT2D eigenvalue weighted by atomic mass is 16.5. The number of rotatable bonds is 7. The number of esters is 1. The van der Waals surface area contributed by atoms with Gasteiger partial charge in [-0.25, -0.2) is 4.79 Å². The van der Waals surface area contributed by atoms with Crippen molar-refractivity contribution in [3.05, 3.63) is 90.0 Å². The lowest BCUT2D eigenvalue weighted by molar-refractivity contribution is -0.123. The van der Waals surface area contributed by atoms with E-state index in [9.17, 15) is 19.2 Å². The molecule has 0 unspecified atom stereocenters. The number of methoxy groups -OCH3 is 1. The molecule has 2 saturated carbocycles. The average Bonchev–Trinajstić information content (AvgIpc) is 3.63. The van der Waals surface area contributed by atoms with Gasteiger partial charge >= 0.3 is 5.97 Å². The number of ether oxygens (including phenoxy) is 2. The fraction of sp³-hybridized carbons (Fsp3) is 0.290. The van der Waals surface area contributed by atoms with E-state index in [4.69, 9.17) is 9.47 Å². The van der Waals surface area contributed by atoms with Crippen LogP contribution in [0.4, 0.5) is 11.4 Å². The molecule has 39 heavy (non-hydrogen) atoms. The second-order valence-corrected chi connectivity index (χ2v) is 10.4. The van der Waals surface area contributed by atoms with Crippen LogP contribution in [0.15, 0.2) is 78.9 Å². The molecule has 3 aromatic rings. The first-order chi connectivity index (χ1) is 18.9. The summed E-state index contributed by atoms with van der Waals surface area (Å²) in [6.45, 7) is -0.490. The normalized spacial score (nSPS) is 24.9. The molecule has 3 fully saturated rings. The van der Waals surface area contributed by atoms with Crippen molar-refractivity contribution in [3.63, 3.8) is 0 Å². The van der Waals surface area contributed by atoms with Gasteiger partial charge in [-0.3, -0.25) is 19.3 Å². The lowest BCUT2D eigenvalue weighted by Crippen LogP contribution is -2.33. The Hall–Kier alpha value is -4.46. The molecule has 1 N–H and O–H groups in total. The molecule has 5 atom stereocenters. The number of benzene rings is 3. The summed E-state index contributed by atoms with van der Waals surface area (Å²) in [7, 11) is 1.53. The summed E-state index contributed by atoms with van der Waals surface area (Å²) in [5.74, 6) is -1.07. The largest absolute Gasteiger partial charge is 0.497 e. The third-order valence-electron chi connectivity index (χ3n) is 8.27. The maximum absolute atomic E-state index is 13.6. The van der Waals surface area contributed by atoms with Crippen LogP contribution >= 0.6 is 0 Å². The molecule has 1 aliphatic heterocycles. The molecule has 3 amide bonds. The maximum Gasteiger partial charge on any atom is 0.338 e. The van der Waals surface area contributed by atoms with E-state index in [0.717, 1.165) is 12.8 Å². The van der Waals surface area contributed by atoms with Crippen LogP contribution in [0.5, 0.6) is 5.75 Å². The smallest absolute Gasteiger partial charge is 0.338 e. The highest BCUT2D eigenvalue weighted by molar-refractivity contribution is 6.23. The number of amides is 3. The molecule has 0 radical (unpaired) electrons. The number of carbonyl (C=O) groups excluding carboxylic acids is 4. The van der Waals surface area contributed by atoms with Crippen LogP contribution in [0.2, 0.25) is 0 Å². The molecule has 0 spiro atoms. The van der Waals surface area contributed by atoms with Gasteiger partial charge in [0.1, 0.15) is 5.75 Å². The van der Waals surface area contributed by atoms with Crippen molar-refractivity contribution in [2.45, 2.75) is 18.8 Å². The summed E-state index contributed by atoms with van der Waals surface area (Å²) < 4.78 is 10.3. The Kier molecular flexibility index (Phi) is 6.38. The van der Waals surface area contributed by atoms with Crippen molar-refractivity contribution >= 4 is 35.1 Å². The number of carbonyl (C=O) groups is 4. The van der Waals surface area contributed by atoms with Crippen LogP contribution in [-0.4, -0.2) is 37.4 Å². The second-order valence-electron chi connectivity index (χ2n) is 10.4. The van der Waals surface area contributed by atoms with Gasteiger partial charge in [0, 0.05) is 11.8 Å². The average molecular weight is 525 g/mol. The highest BCUT2D eigenvalue weighted by Crippen LogP contribution is 2.61. The van der Waals surface area contributed by atoms with Gasteiger partial charge in [0.15, 0.2) is 6.61 Å². The summed E-state index contributed by atoms with van der Waals surface area (Å²) >= 11 is 0. The van der Waals surface area contributed by atoms with E-state index in [0.29, 0.717) is 17.1 Å². The minimum absolute atomic E-state index is 0.139. The molecule has 6 rings (SSSR count). The van der Waals surface area contributed by atoms with E-state index in [-0.39, 0.29) is 47.0 Å². The Bertz CT molecular complexity index is 1450. The topological polar surface area (TPSA) is 102 Å². The summed E-state index contributed by atoms with van der Waals surface area (Å²) in [6.07, 6.45) is 1.80. The van der Waals surface area contributed by atoms with Crippen LogP contribution in [0, 0.1) is 23.7 Å². The van der Waals surface area contributed by atoms with E-state index in [2.05, 4.69) is 17.4 Å². The van der Waals surface area contributed by atoms with Gasteiger partial charge in [-0.2, -0.15) is 0 Å². The molecule has 8 heteroatoms. The Morgan fingerprint density at radius 1 is 0.897 bits per heavy atom. The zero-order valence-corrected chi connectivity index (χ0v) is 21.4. The Balaban J connectivity index is 1.13. The van der Waals surface area contributed by atoms with E-state index >= 15 is 0 Å². The van der Waals surface area contributed by atoms with Gasteiger partial charge in [0.25, 0.3) is 5.91 Å². The SMILES string of the molecule is COc1cccc(NC(=O)COC(=O)c2cccc(N3C(=O)[C@@H]4[C@@H]5C[C@@H]([C@H]4C3=O)[C@H](c3ccccc3)C5)c2)c1. The summed E-state index contributed by atoms with van der Waals surface area (Å²) in [6, 6.07) is 23.3. The zero-order chi connectivity index (χ0) is 27.1. The number of nitrogens with zero attached hydrogens (tertiary/aromatic N) is 1. The van der Waals surface area contributed by atoms with E-state index in [1.54, 1.807) is 36.4 Å². The molecule has 3 aliphatic rings. The van der Waals surface area contributed by atoms with Crippen LogP contribution in [0.25, 0.3) is 0 Å². The van der Waals surface area contributed by atoms with Gasteiger partial charge in [0.05, 0.1) is 30.2 Å². The molecule has 1 saturated heterocycles. The van der Waals surface area contributed by atoms with Crippen LogP contribution in [0.3, 0.4) is 0 Å². The zero-order valence-electron chi connectivity index (χ0n) is 21.4. The van der Waals surface area contributed by atoms with Crippen molar-refractivity contribution in [1.29, 1.82) is 0 Å². The van der Waals surface area contributed by atoms with Crippen molar-refractivity contribution < 1.29 is 28.7 Å². The monoisotopic (exact) mass is 524 g/mol. The van der Waals surface area contributed by atoms with E-state index in [1.165, 1.54) is 29.7 Å². The van der Waals surface area contributed by atoms with Crippen molar-refractivity contribution in [1.82, 2.24) is 0 Å². The van der Waals surface area contributed by atoms with Gasteiger partial charge in [-0.05, 0) is 66.5 Å². The molecule has 2 bridgehead atoms. The lowest BCUT2D eigenvalue weighted by atomic mass is 9.73. The quantitative estimate of drug-likeness (QED) is 0.363. The number of fused-ring (bicyclic) bond motifs is 5. The Labute approximate surface area is 225 Å². The number of imide groups is 1. The van der Waals surface area contributed by atoms with Gasteiger partial charge < -0.3 is 14.8 Å². The van der Waals surface area contributed by atoms with Crippen molar-refractivity contribution in [3.8, 4) is 5.75 Å². The third-order valence-corrected chi connectivity index (χ3v) is 8.27. The number of nitrogens with one attached hydrogen (secondary N) is 1. The third kappa shape index (κ3) is 4.46. The molecule has 3 aromatic carbocycles. The molecule has 198 valence electrons. The minimum atomic E-state index is -0.721. The van der Waals surface area contributed by atoms with E-state index in [1.807, 2.05) is 18.2 Å². The molecular weight excluding hydrogens is 496 g/mol. The molecule has 0 aromatic heterocycles. The number of anilines is 2. The fourth-order valence-corrected chi connectivity index (χ4v) is 6.68. The second kappa shape index (κ2) is 10.0. The molecular formula is C31H28N2O6. The Morgan fingerprint density at radius 2 is 1.67 bits per heavy atom. The predicted molar refractivity (Wildman–Crippen MR) is 143 cm³/mol. The number of hydrogen-bond acceptors (Lipinski definition) is 6. The maximum atomic E-state index is 13.6. The molecule has 2 aliphatic carbocycles. The lowest BCUT2D eigenvalue weighted by Gasteiger charge is -2.28. The fourth-order valence-electron chi connectivity index (χ4n) is 6.68. The number of hydrogen-bond donors (Lipinski definition) is 1. The van der Waals surface area contributed by atoms with Gasteiger partial charge in [-0.1, -0.05) is 42.5 Å². The van der Waals surface area contributed by atoms with Gasteiger partial charge in [0.2, 0.25) is 11.8 Å². The summed E-state index contributed by atoms with van der Waals surface area (Å²) in [5.41, 5.74) is 2.25. The van der Waals surface area contributed by atoms with Crippen molar-refractivity contribution in [2.24, 2.45) is 23.7 Å². The minimum Gasteiger partial charge on any atom is -0.497 e. The van der Waals surface area contributed by atoms with Crippen molar-refractivity contribution in [2.75, 3.05) is 23.9 Å².